The zero-order valence-electron chi connectivity index (χ0n) is 14.0. The van der Waals surface area contributed by atoms with Crippen LogP contribution in [0.2, 0.25) is 0 Å². The highest BCUT2D eigenvalue weighted by Crippen LogP contribution is 2.36. The molecule has 1 amide bonds. The number of aromatic nitrogens is 2. The number of amides is 1. The number of nitrogen functional groups attached to an aromatic ring is 1. The van der Waals surface area contributed by atoms with Crippen LogP contribution in [0.5, 0.6) is 0 Å². The normalized spacial score (nSPS) is 16.8. The number of piperazine rings is 1. The second kappa shape index (κ2) is 6.23. The highest BCUT2D eigenvalue weighted by Gasteiger charge is 2.26. The summed E-state index contributed by atoms with van der Waals surface area (Å²) in [4.78, 5) is 23.8. The fourth-order valence-corrected chi connectivity index (χ4v) is 3.74. The van der Waals surface area contributed by atoms with Crippen molar-refractivity contribution >= 4 is 17.9 Å². The predicted octanol–water partition coefficient (Wildman–Crippen LogP) is 2.01. The summed E-state index contributed by atoms with van der Waals surface area (Å²) >= 11 is 0. The number of anilines is 2. The quantitative estimate of drug-likeness (QED) is 0.825. The van der Waals surface area contributed by atoms with Crippen LogP contribution in [-0.4, -0.2) is 52.2 Å². The van der Waals surface area contributed by atoms with Crippen molar-refractivity contribution in [3.63, 3.8) is 0 Å². The van der Waals surface area contributed by atoms with Gasteiger partial charge in [0, 0.05) is 37.3 Å². The Hall–Kier alpha value is -2.83. The minimum Gasteiger partial charge on any atom is -0.465 e. The number of nitrogens with zero attached hydrogens (tertiary/aromatic N) is 4. The van der Waals surface area contributed by atoms with E-state index in [2.05, 4.69) is 33.1 Å². The number of benzene rings is 1. The van der Waals surface area contributed by atoms with Gasteiger partial charge in [0.1, 0.15) is 5.82 Å². The van der Waals surface area contributed by atoms with Gasteiger partial charge in [-0.25, -0.2) is 9.78 Å². The average Bonchev–Trinajstić information content (AvgIpc) is 2.81. The zero-order valence-corrected chi connectivity index (χ0v) is 14.0. The summed E-state index contributed by atoms with van der Waals surface area (Å²) in [6.45, 7) is 2.20. The molecular weight excluding hydrogens is 318 g/mol. The predicted molar refractivity (Wildman–Crippen MR) is 95.7 cm³/mol. The second-order valence-corrected chi connectivity index (χ2v) is 6.50. The third-order valence-corrected chi connectivity index (χ3v) is 5.00. The summed E-state index contributed by atoms with van der Waals surface area (Å²) in [5, 5.41) is 9.14. The molecule has 1 aliphatic heterocycles. The molecule has 1 aromatic carbocycles. The fraction of sp³-hybridized carbons (Fsp3) is 0.389. The molecule has 0 spiro atoms. The van der Waals surface area contributed by atoms with Crippen LogP contribution in [0.4, 0.5) is 16.6 Å². The molecule has 2 aromatic rings. The Bertz CT molecular complexity index is 815. The van der Waals surface area contributed by atoms with Crippen molar-refractivity contribution in [1.82, 2.24) is 14.9 Å². The SMILES string of the molecule is Nc1nc2c(c(N3CCN(C(=O)O)CC3)n1)CCCc1ccccc1-2. The smallest absolute Gasteiger partial charge is 0.407 e. The van der Waals surface area contributed by atoms with Gasteiger partial charge in [-0.2, -0.15) is 4.98 Å². The van der Waals surface area contributed by atoms with Crippen molar-refractivity contribution < 1.29 is 9.90 Å². The summed E-state index contributed by atoms with van der Waals surface area (Å²) in [5.41, 5.74) is 10.5. The highest BCUT2D eigenvalue weighted by molar-refractivity contribution is 5.74. The number of rotatable bonds is 1. The van der Waals surface area contributed by atoms with Gasteiger partial charge in [0.05, 0.1) is 5.69 Å². The molecule has 2 heterocycles. The van der Waals surface area contributed by atoms with Crippen LogP contribution in [0.3, 0.4) is 0 Å². The Morgan fingerprint density at radius 2 is 1.84 bits per heavy atom. The fourth-order valence-electron chi connectivity index (χ4n) is 3.74. The molecule has 3 N–H and O–H groups in total. The summed E-state index contributed by atoms with van der Waals surface area (Å²) in [6.07, 6.45) is 2.09. The minimum atomic E-state index is -0.866. The lowest BCUT2D eigenvalue weighted by molar-refractivity contribution is 0.142. The van der Waals surface area contributed by atoms with E-state index in [4.69, 9.17) is 10.8 Å². The van der Waals surface area contributed by atoms with Crippen LogP contribution in [0.1, 0.15) is 17.5 Å². The number of hydrogen-bond acceptors (Lipinski definition) is 5. The first-order valence-corrected chi connectivity index (χ1v) is 8.61. The molecule has 0 unspecified atom stereocenters. The number of fused-ring (bicyclic) bond motifs is 3. The lowest BCUT2D eigenvalue weighted by atomic mass is 10.0. The molecule has 4 rings (SSSR count). The van der Waals surface area contributed by atoms with Gasteiger partial charge in [0.15, 0.2) is 0 Å². The number of carboxylic acid groups (broad SMARTS) is 1. The molecule has 2 aliphatic rings. The maximum atomic E-state index is 11.1. The number of nitrogens with two attached hydrogens (primary N) is 1. The van der Waals surface area contributed by atoms with Crippen LogP contribution >= 0.6 is 0 Å². The van der Waals surface area contributed by atoms with Gasteiger partial charge in [-0.1, -0.05) is 24.3 Å². The standard InChI is InChI=1S/C18H21N5O2/c19-17-20-15-13-6-2-1-4-12(13)5-3-7-14(15)16(21-17)22-8-10-23(11-9-22)18(24)25/h1-2,4,6H,3,5,7-11H2,(H,24,25)(H2,19,20,21). The monoisotopic (exact) mass is 339 g/mol. The van der Waals surface area contributed by atoms with E-state index in [9.17, 15) is 4.79 Å². The molecule has 1 fully saturated rings. The van der Waals surface area contributed by atoms with Crippen molar-refractivity contribution in [1.29, 1.82) is 0 Å². The molecule has 25 heavy (non-hydrogen) atoms. The summed E-state index contributed by atoms with van der Waals surface area (Å²) in [7, 11) is 0. The van der Waals surface area contributed by atoms with E-state index in [1.54, 1.807) is 0 Å². The molecule has 1 saturated heterocycles. The van der Waals surface area contributed by atoms with Crippen LogP contribution in [-0.2, 0) is 12.8 Å². The van der Waals surface area contributed by atoms with Gasteiger partial charge >= 0.3 is 6.09 Å². The number of hydrogen-bond donors (Lipinski definition) is 2. The Kier molecular flexibility index (Phi) is 3.91. The lowest BCUT2D eigenvalue weighted by Gasteiger charge is -2.35. The van der Waals surface area contributed by atoms with E-state index in [1.165, 1.54) is 10.5 Å². The molecule has 0 radical (unpaired) electrons. The van der Waals surface area contributed by atoms with Gasteiger partial charge < -0.3 is 20.6 Å². The molecule has 1 aliphatic carbocycles. The molecule has 7 heteroatoms. The van der Waals surface area contributed by atoms with Gasteiger partial charge in [0.2, 0.25) is 5.95 Å². The van der Waals surface area contributed by atoms with Gasteiger partial charge in [0.25, 0.3) is 0 Å². The first kappa shape index (κ1) is 15.7. The minimum absolute atomic E-state index is 0.270. The van der Waals surface area contributed by atoms with Crippen LogP contribution in [0.15, 0.2) is 24.3 Å². The molecule has 0 bridgehead atoms. The van der Waals surface area contributed by atoms with E-state index in [-0.39, 0.29) is 5.95 Å². The number of carbonyl (C=O) groups is 1. The molecular formula is C18H21N5O2. The van der Waals surface area contributed by atoms with Crippen LogP contribution < -0.4 is 10.6 Å². The number of aryl methyl sites for hydroxylation is 1. The van der Waals surface area contributed by atoms with Gasteiger partial charge in [-0.05, 0) is 24.8 Å². The summed E-state index contributed by atoms with van der Waals surface area (Å²) < 4.78 is 0. The van der Waals surface area contributed by atoms with Gasteiger partial charge in [-0.15, -0.1) is 0 Å². The third-order valence-electron chi connectivity index (χ3n) is 5.00. The third kappa shape index (κ3) is 2.86. The van der Waals surface area contributed by atoms with Crippen molar-refractivity contribution in [2.75, 3.05) is 36.8 Å². The van der Waals surface area contributed by atoms with E-state index in [0.717, 1.165) is 41.9 Å². The van der Waals surface area contributed by atoms with Crippen molar-refractivity contribution in [2.24, 2.45) is 0 Å². The molecule has 0 atom stereocenters. The first-order chi connectivity index (χ1) is 12.1. The summed E-state index contributed by atoms with van der Waals surface area (Å²) in [6, 6.07) is 8.32. The lowest BCUT2D eigenvalue weighted by Crippen LogP contribution is -2.49. The van der Waals surface area contributed by atoms with E-state index >= 15 is 0 Å². The van der Waals surface area contributed by atoms with Gasteiger partial charge in [-0.3, -0.25) is 0 Å². The molecule has 1 aromatic heterocycles. The largest absolute Gasteiger partial charge is 0.465 e. The van der Waals surface area contributed by atoms with E-state index < -0.39 is 6.09 Å². The Labute approximate surface area is 146 Å². The van der Waals surface area contributed by atoms with Crippen LogP contribution in [0, 0.1) is 0 Å². The maximum absolute atomic E-state index is 11.1. The first-order valence-electron chi connectivity index (χ1n) is 8.61. The van der Waals surface area contributed by atoms with Crippen LogP contribution in [0.25, 0.3) is 11.3 Å². The highest BCUT2D eigenvalue weighted by atomic mass is 16.4. The Balaban J connectivity index is 1.74. The van der Waals surface area contributed by atoms with E-state index in [1.807, 2.05) is 6.07 Å². The van der Waals surface area contributed by atoms with Crippen molar-refractivity contribution in [3.05, 3.63) is 35.4 Å². The van der Waals surface area contributed by atoms with Crippen molar-refractivity contribution in [2.45, 2.75) is 19.3 Å². The zero-order chi connectivity index (χ0) is 17.4. The maximum Gasteiger partial charge on any atom is 0.407 e. The molecule has 0 saturated carbocycles. The Morgan fingerprint density at radius 1 is 1.08 bits per heavy atom. The second-order valence-electron chi connectivity index (χ2n) is 6.50. The molecule has 130 valence electrons. The van der Waals surface area contributed by atoms with Crippen molar-refractivity contribution in [3.8, 4) is 11.3 Å². The van der Waals surface area contributed by atoms with E-state index in [0.29, 0.717) is 26.2 Å². The summed E-state index contributed by atoms with van der Waals surface area (Å²) in [5.74, 6) is 1.13. The topological polar surface area (TPSA) is 95.6 Å². The average molecular weight is 339 g/mol. The Morgan fingerprint density at radius 3 is 2.60 bits per heavy atom. The molecule has 7 nitrogen and oxygen atoms in total.